The summed E-state index contributed by atoms with van der Waals surface area (Å²) in [5.74, 6) is 0.0358. The van der Waals surface area contributed by atoms with Crippen LogP contribution >= 0.6 is 23.2 Å². The minimum absolute atomic E-state index is 0.0358. The maximum Gasteiger partial charge on any atom is 0.0659 e. The Morgan fingerprint density at radius 3 is 2.64 bits per heavy atom. The third-order valence-electron chi connectivity index (χ3n) is 2.16. The second kappa shape index (κ2) is 5.24. The van der Waals surface area contributed by atoms with Gasteiger partial charge in [-0.05, 0) is 30.5 Å². The number of hydrogen-bond donors (Lipinski definition) is 0. The standard InChI is InChI=1S/C11H11Cl2N/c1-2-8(7-14)5-9-3-4-10(12)6-11(9)13/h3-4,6,8H,2,5H2,1H3. The molecular formula is C11H11Cl2N. The van der Waals surface area contributed by atoms with E-state index in [1.54, 1.807) is 12.1 Å². The first-order valence-electron chi connectivity index (χ1n) is 4.51. The van der Waals surface area contributed by atoms with Crippen LogP contribution in [0.5, 0.6) is 0 Å². The lowest BCUT2D eigenvalue weighted by Gasteiger charge is -2.07. The van der Waals surface area contributed by atoms with Crippen molar-refractivity contribution in [3.8, 4) is 6.07 Å². The van der Waals surface area contributed by atoms with Gasteiger partial charge >= 0.3 is 0 Å². The Kier molecular flexibility index (Phi) is 4.25. The van der Waals surface area contributed by atoms with E-state index < -0.39 is 0 Å². The van der Waals surface area contributed by atoms with E-state index in [9.17, 15) is 0 Å². The van der Waals surface area contributed by atoms with Crippen LogP contribution in [0.3, 0.4) is 0 Å². The third kappa shape index (κ3) is 2.90. The fourth-order valence-electron chi connectivity index (χ4n) is 1.23. The SMILES string of the molecule is CCC(C#N)Cc1ccc(Cl)cc1Cl. The van der Waals surface area contributed by atoms with Gasteiger partial charge in [0.25, 0.3) is 0 Å². The Morgan fingerprint density at radius 2 is 2.14 bits per heavy atom. The molecule has 1 aromatic rings. The average Bonchev–Trinajstić information content (AvgIpc) is 2.17. The summed E-state index contributed by atoms with van der Waals surface area (Å²) in [7, 11) is 0. The van der Waals surface area contributed by atoms with Gasteiger partial charge in [0.15, 0.2) is 0 Å². The van der Waals surface area contributed by atoms with Crippen LogP contribution in [0.2, 0.25) is 10.0 Å². The van der Waals surface area contributed by atoms with Crippen LogP contribution < -0.4 is 0 Å². The molecule has 0 bridgehead atoms. The van der Waals surface area contributed by atoms with E-state index in [0.717, 1.165) is 12.0 Å². The minimum Gasteiger partial charge on any atom is -0.198 e. The van der Waals surface area contributed by atoms with Crippen LogP contribution in [0.4, 0.5) is 0 Å². The fraction of sp³-hybridized carbons (Fsp3) is 0.364. The number of rotatable bonds is 3. The van der Waals surface area contributed by atoms with E-state index in [1.807, 2.05) is 13.0 Å². The molecule has 1 nitrogen and oxygen atoms in total. The highest BCUT2D eigenvalue weighted by molar-refractivity contribution is 6.35. The van der Waals surface area contributed by atoms with Gasteiger partial charge in [-0.2, -0.15) is 5.26 Å². The smallest absolute Gasteiger partial charge is 0.0659 e. The summed E-state index contributed by atoms with van der Waals surface area (Å²) in [5.41, 5.74) is 0.990. The van der Waals surface area contributed by atoms with Crippen molar-refractivity contribution < 1.29 is 0 Å². The second-order valence-electron chi connectivity index (χ2n) is 3.17. The first-order chi connectivity index (χ1) is 6.67. The van der Waals surface area contributed by atoms with Gasteiger partial charge < -0.3 is 0 Å². The maximum absolute atomic E-state index is 8.81. The molecule has 3 heteroatoms. The van der Waals surface area contributed by atoms with Gasteiger partial charge in [0.05, 0.1) is 12.0 Å². The van der Waals surface area contributed by atoms with Crippen molar-refractivity contribution in [2.24, 2.45) is 5.92 Å². The maximum atomic E-state index is 8.81. The minimum atomic E-state index is 0.0358. The predicted molar refractivity (Wildman–Crippen MR) is 59.6 cm³/mol. The molecule has 0 aromatic heterocycles. The number of nitrogens with zero attached hydrogens (tertiary/aromatic N) is 1. The van der Waals surface area contributed by atoms with Crippen molar-refractivity contribution in [1.82, 2.24) is 0 Å². The molecular weight excluding hydrogens is 217 g/mol. The lowest BCUT2D eigenvalue weighted by atomic mass is 9.98. The summed E-state index contributed by atoms with van der Waals surface area (Å²) >= 11 is 11.8. The van der Waals surface area contributed by atoms with E-state index in [4.69, 9.17) is 28.5 Å². The van der Waals surface area contributed by atoms with Gasteiger partial charge in [-0.3, -0.25) is 0 Å². The number of benzene rings is 1. The van der Waals surface area contributed by atoms with E-state index in [0.29, 0.717) is 16.5 Å². The highest BCUT2D eigenvalue weighted by Crippen LogP contribution is 2.23. The van der Waals surface area contributed by atoms with Gasteiger partial charge in [-0.1, -0.05) is 36.2 Å². The summed E-state index contributed by atoms with van der Waals surface area (Å²) < 4.78 is 0. The molecule has 0 aliphatic rings. The van der Waals surface area contributed by atoms with Crippen molar-refractivity contribution in [1.29, 1.82) is 5.26 Å². The molecule has 74 valence electrons. The molecule has 0 saturated carbocycles. The number of nitriles is 1. The predicted octanol–water partition coefficient (Wildman–Crippen LogP) is 4.09. The average molecular weight is 228 g/mol. The van der Waals surface area contributed by atoms with Crippen LogP contribution in [0.15, 0.2) is 18.2 Å². The molecule has 0 N–H and O–H groups in total. The first kappa shape index (κ1) is 11.4. The lowest BCUT2D eigenvalue weighted by molar-refractivity contribution is 0.638. The fourth-order valence-corrected chi connectivity index (χ4v) is 1.72. The molecule has 1 aromatic carbocycles. The monoisotopic (exact) mass is 227 g/mol. The highest BCUT2D eigenvalue weighted by atomic mass is 35.5. The van der Waals surface area contributed by atoms with Gasteiger partial charge in [0.1, 0.15) is 0 Å². The van der Waals surface area contributed by atoms with E-state index in [1.165, 1.54) is 0 Å². The first-order valence-corrected chi connectivity index (χ1v) is 5.26. The summed E-state index contributed by atoms with van der Waals surface area (Å²) in [6.45, 7) is 2.00. The van der Waals surface area contributed by atoms with E-state index >= 15 is 0 Å². The largest absolute Gasteiger partial charge is 0.198 e. The van der Waals surface area contributed by atoms with Crippen molar-refractivity contribution in [3.63, 3.8) is 0 Å². The van der Waals surface area contributed by atoms with Crippen molar-refractivity contribution >= 4 is 23.2 Å². The molecule has 0 aliphatic heterocycles. The van der Waals surface area contributed by atoms with Crippen molar-refractivity contribution in [3.05, 3.63) is 33.8 Å². The Labute approximate surface area is 94.3 Å². The Bertz CT molecular complexity index is 355. The van der Waals surface area contributed by atoms with Crippen LogP contribution in [-0.4, -0.2) is 0 Å². The zero-order chi connectivity index (χ0) is 10.6. The van der Waals surface area contributed by atoms with E-state index in [2.05, 4.69) is 6.07 Å². The molecule has 0 amide bonds. The van der Waals surface area contributed by atoms with Gasteiger partial charge in [0, 0.05) is 10.0 Å². The molecule has 1 unspecified atom stereocenters. The van der Waals surface area contributed by atoms with Crippen LogP contribution in [0.1, 0.15) is 18.9 Å². The number of hydrogen-bond acceptors (Lipinski definition) is 1. The lowest BCUT2D eigenvalue weighted by Crippen LogP contribution is -2.00. The van der Waals surface area contributed by atoms with E-state index in [-0.39, 0.29) is 5.92 Å². The summed E-state index contributed by atoms with van der Waals surface area (Å²) in [6.07, 6.45) is 1.54. The molecule has 0 aliphatic carbocycles. The van der Waals surface area contributed by atoms with Gasteiger partial charge in [0.2, 0.25) is 0 Å². The van der Waals surface area contributed by atoms with Crippen LogP contribution in [0, 0.1) is 17.2 Å². The van der Waals surface area contributed by atoms with Crippen molar-refractivity contribution in [2.45, 2.75) is 19.8 Å². The van der Waals surface area contributed by atoms with Crippen LogP contribution in [-0.2, 0) is 6.42 Å². The summed E-state index contributed by atoms with van der Waals surface area (Å²) in [4.78, 5) is 0. The van der Waals surface area contributed by atoms with Crippen LogP contribution in [0.25, 0.3) is 0 Å². The molecule has 0 radical (unpaired) electrons. The second-order valence-corrected chi connectivity index (χ2v) is 4.02. The van der Waals surface area contributed by atoms with Crippen molar-refractivity contribution in [2.75, 3.05) is 0 Å². The highest BCUT2D eigenvalue weighted by Gasteiger charge is 2.08. The molecule has 0 spiro atoms. The van der Waals surface area contributed by atoms with Gasteiger partial charge in [-0.15, -0.1) is 0 Å². The zero-order valence-corrected chi connectivity index (χ0v) is 9.44. The quantitative estimate of drug-likeness (QED) is 0.764. The molecule has 0 heterocycles. The van der Waals surface area contributed by atoms with Gasteiger partial charge in [-0.25, -0.2) is 0 Å². The zero-order valence-electron chi connectivity index (χ0n) is 7.93. The molecule has 1 atom stereocenters. The number of halogens is 2. The molecule has 1 rings (SSSR count). The third-order valence-corrected chi connectivity index (χ3v) is 2.74. The Balaban J connectivity index is 2.82. The molecule has 0 fully saturated rings. The Hall–Kier alpha value is -0.710. The topological polar surface area (TPSA) is 23.8 Å². The normalized spacial score (nSPS) is 12.1. The Morgan fingerprint density at radius 1 is 1.43 bits per heavy atom. The summed E-state index contributed by atoms with van der Waals surface area (Å²) in [5, 5.41) is 10.1. The molecule has 14 heavy (non-hydrogen) atoms. The summed E-state index contributed by atoms with van der Waals surface area (Å²) in [6, 6.07) is 7.64. The molecule has 0 saturated heterocycles.